The molecule has 1 heterocycles. The molecule has 1 amide bonds. The van der Waals surface area contributed by atoms with Crippen molar-refractivity contribution in [3.05, 3.63) is 47.1 Å². The molecule has 0 saturated carbocycles. The second-order valence-electron chi connectivity index (χ2n) is 5.56. The lowest BCUT2D eigenvalue weighted by Gasteiger charge is -2.08. The first-order valence-corrected chi connectivity index (χ1v) is 7.85. The van der Waals surface area contributed by atoms with Crippen LogP contribution in [0, 0.1) is 0 Å². The molecule has 5 nitrogen and oxygen atoms in total. The molecule has 0 radical (unpaired) electrons. The predicted molar refractivity (Wildman–Crippen MR) is 84.6 cm³/mol. The molecule has 0 aliphatic carbocycles. The van der Waals surface area contributed by atoms with Crippen molar-refractivity contribution in [3.8, 4) is 0 Å². The van der Waals surface area contributed by atoms with Gasteiger partial charge in [-0.2, -0.15) is 4.98 Å². The second-order valence-corrected chi connectivity index (χ2v) is 5.56. The summed E-state index contributed by atoms with van der Waals surface area (Å²) in [6.07, 6.45) is 4.86. The highest BCUT2D eigenvalue weighted by Gasteiger charge is 2.17. The van der Waals surface area contributed by atoms with Gasteiger partial charge in [-0.15, -0.1) is 0 Å². The third kappa shape index (κ3) is 4.16. The van der Waals surface area contributed by atoms with E-state index < -0.39 is 5.91 Å². The van der Waals surface area contributed by atoms with Gasteiger partial charge in [0, 0.05) is 17.9 Å². The van der Waals surface area contributed by atoms with Crippen LogP contribution in [0.15, 0.2) is 28.8 Å². The largest absolute Gasteiger partial charge is 0.366 e. The maximum Gasteiger partial charge on any atom is 0.248 e. The van der Waals surface area contributed by atoms with Gasteiger partial charge in [0.2, 0.25) is 11.8 Å². The number of primary amides is 1. The smallest absolute Gasteiger partial charge is 0.248 e. The highest BCUT2D eigenvalue weighted by Crippen LogP contribution is 2.25. The Bertz CT molecular complexity index is 616. The first kappa shape index (κ1) is 16.2. The molecule has 2 aromatic rings. The molecule has 0 bridgehead atoms. The van der Waals surface area contributed by atoms with E-state index in [0.717, 1.165) is 37.1 Å². The zero-order chi connectivity index (χ0) is 15.9. The second kappa shape index (κ2) is 7.73. The Morgan fingerprint density at radius 2 is 2.00 bits per heavy atom. The lowest BCUT2D eigenvalue weighted by molar-refractivity contribution is 0.1000. The van der Waals surface area contributed by atoms with E-state index in [1.54, 1.807) is 12.1 Å². The standard InChI is InChI=1S/C17H23N3O2/c1-3-6-13(7-4-2)17-19-15(20-22-17)11-12-8-5-9-14(10-12)16(18)21/h5,8-10,13H,3-4,6-7,11H2,1-2H3,(H2,18,21). The van der Waals surface area contributed by atoms with Gasteiger partial charge in [0.05, 0.1) is 0 Å². The monoisotopic (exact) mass is 301 g/mol. The van der Waals surface area contributed by atoms with Crippen LogP contribution in [0.4, 0.5) is 0 Å². The molecule has 0 fully saturated rings. The van der Waals surface area contributed by atoms with Crippen molar-refractivity contribution in [1.82, 2.24) is 10.1 Å². The van der Waals surface area contributed by atoms with Crippen molar-refractivity contribution in [2.24, 2.45) is 5.73 Å². The van der Waals surface area contributed by atoms with Gasteiger partial charge >= 0.3 is 0 Å². The van der Waals surface area contributed by atoms with Crippen LogP contribution in [-0.2, 0) is 6.42 Å². The summed E-state index contributed by atoms with van der Waals surface area (Å²) in [7, 11) is 0. The number of carbonyl (C=O) groups excluding carboxylic acids is 1. The van der Waals surface area contributed by atoms with Crippen LogP contribution in [0.1, 0.15) is 73.1 Å². The zero-order valence-corrected chi connectivity index (χ0v) is 13.2. The third-order valence-corrected chi connectivity index (χ3v) is 3.68. The molecule has 5 heteroatoms. The lowest BCUT2D eigenvalue weighted by Crippen LogP contribution is -2.11. The van der Waals surface area contributed by atoms with E-state index in [0.29, 0.717) is 23.7 Å². The average molecular weight is 301 g/mol. The van der Waals surface area contributed by atoms with Crippen LogP contribution in [0.3, 0.4) is 0 Å². The normalized spacial score (nSPS) is 11.0. The molecule has 0 unspecified atom stereocenters. The number of rotatable bonds is 8. The molecule has 1 aromatic heterocycles. The maximum atomic E-state index is 11.2. The molecule has 1 aromatic carbocycles. The van der Waals surface area contributed by atoms with Crippen molar-refractivity contribution in [1.29, 1.82) is 0 Å². The summed E-state index contributed by atoms with van der Waals surface area (Å²) in [6.45, 7) is 4.32. The van der Waals surface area contributed by atoms with E-state index in [2.05, 4.69) is 24.0 Å². The van der Waals surface area contributed by atoms with Crippen molar-refractivity contribution in [2.45, 2.75) is 51.9 Å². The van der Waals surface area contributed by atoms with Gasteiger partial charge in [-0.1, -0.05) is 44.0 Å². The average Bonchev–Trinajstić information content (AvgIpc) is 2.95. The molecular formula is C17H23N3O2. The van der Waals surface area contributed by atoms with Gasteiger partial charge in [-0.3, -0.25) is 4.79 Å². The minimum Gasteiger partial charge on any atom is -0.366 e. The third-order valence-electron chi connectivity index (χ3n) is 3.68. The van der Waals surface area contributed by atoms with Gasteiger partial charge in [0.25, 0.3) is 0 Å². The number of nitrogens with zero attached hydrogens (tertiary/aromatic N) is 2. The van der Waals surface area contributed by atoms with Crippen LogP contribution >= 0.6 is 0 Å². The number of nitrogens with two attached hydrogens (primary N) is 1. The molecule has 118 valence electrons. The minimum atomic E-state index is -0.429. The lowest BCUT2D eigenvalue weighted by atomic mass is 9.98. The van der Waals surface area contributed by atoms with Crippen LogP contribution in [0.5, 0.6) is 0 Å². The van der Waals surface area contributed by atoms with E-state index in [-0.39, 0.29) is 0 Å². The number of amides is 1. The van der Waals surface area contributed by atoms with E-state index >= 15 is 0 Å². The Morgan fingerprint density at radius 1 is 1.27 bits per heavy atom. The molecule has 0 aliphatic heterocycles. The van der Waals surface area contributed by atoms with Gasteiger partial charge in [-0.05, 0) is 30.5 Å². The SMILES string of the molecule is CCCC(CCC)c1nc(Cc2cccc(C(N)=O)c2)no1. The Morgan fingerprint density at radius 3 is 2.64 bits per heavy atom. The number of hydrogen-bond acceptors (Lipinski definition) is 4. The molecule has 0 spiro atoms. The molecule has 0 atom stereocenters. The molecule has 2 N–H and O–H groups in total. The minimum absolute atomic E-state index is 0.341. The molecule has 22 heavy (non-hydrogen) atoms. The highest BCUT2D eigenvalue weighted by molar-refractivity contribution is 5.92. The summed E-state index contributed by atoms with van der Waals surface area (Å²) in [5, 5.41) is 4.07. The Labute approximate surface area is 130 Å². The fraction of sp³-hybridized carbons (Fsp3) is 0.471. The summed E-state index contributed by atoms with van der Waals surface area (Å²) in [5.41, 5.74) is 6.74. The Kier molecular flexibility index (Phi) is 5.69. The van der Waals surface area contributed by atoms with Gasteiger partial charge < -0.3 is 10.3 Å². The number of benzene rings is 1. The van der Waals surface area contributed by atoms with E-state index in [1.165, 1.54) is 0 Å². The summed E-state index contributed by atoms with van der Waals surface area (Å²) >= 11 is 0. The summed E-state index contributed by atoms with van der Waals surface area (Å²) in [6, 6.07) is 7.21. The van der Waals surface area contributed by atoms with Crippen molar-refractivity contribution < 1.29 is 9.32 Å². The highest BCUT2D eigenvalue weighted by atomic mass is 16.5. The summed E-state index contributed by atoms with van der Waals surface area (Å²) in [4.78, 5) is 15.7. The zero-order valence-electron chi connectivity index (χ0n) is 13.2. The fourth-order valence-corrected chi connectivity index (χ4v) is 2.61. The van der Waals surface area contributed by atoms with Crippen LogP contribution in [0.2, 0.25) is 0 Å². The molecular weight excluding hydrogens is 278 g/mol. The van der Waals surface area contributed by atoms with Gasteiger partial charge in [-0.25, -0.2) is 0 Å². The fourth-order valence-electron chi connectivity index (χ4n) is 2.61. The van der Waals surface area contributed by atoms with E-state index in [9.17, 15) is 4.79 Å². The van der Waals surface area contributed by atoms with Crippen LogP contribution in [0.25, 0.3) is 0 Å². The first-order chi connectivity index (χ1) is 10.6. The first-order valence-electron chi connectivity index (χ1n) is 7.85. The van der Waals surface area contributed by atoms with Crippen LogP contribution in [-0.4, -0.2) is 16.0 Å². The number of aromatic nitrogens is 2. The Hall–Kier alpha value is -2.17. The maximum absolute atomic E-state index is 11.2. The quantitative estimate of drug-likeness (QED) is 0.809. The van der Waals surface area contributed by atoms with Gasteiger partial charge in [0.15, 0.2) is 5.82 Å². The van der Waals surface area contributed by atoms with Crippen molar-refractivity contribution in [3.63, 3.8) is 0 Å². The van der Waals surface area contributed by atoms with Gasteiger partial charge in [0.1, 0.15) is 0 Å². The Balaban J connectivity index is 2.11. The molecule has 0 aliphatic rings. The number of hydrogen-bond donors (Lipinski definition) is 1. The molecule has 2 rings (SSSR count). The molecule has 0 saturated heterocycles. The summed E-state index contributed by atoms with van der Waals surface area (Å²) < 4.78 is 5.43. The topological polar surface area (TPSA) is 82.0 Å². The van der Waals surface area contributed by atoms with E-state index in [1.807, 2.05) is 12.1 Å². The van der Waals surface area contributed by atoms with Crippen molar-refractivity contribution in [2.75, 3.05) is 0 Å². The van der Waals surface area contributed by atoms with Crippen molar-refractivity contribution >= 4 is 5.91 Å². The van der Waals surface area contributed by atoms with E-state index in [4.69, 9.17) is 10.3 Å². The number of carbonyl (C=O) groups is 1. The predicted octanol–water partition coefficient (Wildman–Crippen LogP) is 3.44. The van der Waals surface area contributed by atoms with Crippen LogP contribution < -0.4 is 5.73 Å². The summed E-state index contributed by atoms with van der Waals surface area (Å²) in [5.74, 6) is 1.29.